The third-order valence-electron chi connectivity index (χ3n) is 7.51. The fraction of sp³-hybridized carbons (Fsp3) is 0.419. The first-order chi connectivity index (χ1) is 17.3. The summed E-state index contributed by atoms with van der Waals surface area (Å²) in [4.78, 5) is 2.06. The topological polar surface area (TPSA) is 41.6 Å². The molecule has 1 N–H and O–H groups in total. The molecule has 0 heterocycles. The van der Waals surface area contributed by atoms with Crippen LogP contribution in [0.4, 0.5) is 11.4 Å². The van der Waals surface area contributed by atoms with E-state index in [4.69, 9.17) is 4.52 Å². The van der Waals surface area contributed by atoms with Crippen molar-refractivity contribution in [2.75, 3.05) is 24.3 Å². The molecule has 0 unspecified atom stereocenters. The van der Waals surface area contributed by atoms with Gasteiger partial charge < -0.3 is 14.7 Å². The first-order valence-electron chi connectivity index (χ1n) is 13.2. The van der Waals surface area contributed by atoms with Crippen LogP contribution in [0, 0.1) is 17.8 Å². The van der Waals surface area contributed by atoms with E-state index in [1.165, 1.54) is 6.42 Å². The van der Waals surface area contributed by atoms with Gasteiger partial charge in [-0.2, -0.15) is 0 Å². The highest BCUT2D eigenvalue weighted by Gasteiger charge is 2.43. The van der Waals surface area contributed by atoms with E-state index < -0.39 is 13.2 Å². The molecule has 4 nitrogen and oxygen atoms in total. The van der Waals surface area contributed by atoms with E-state index in [0.717, 1.165) is 35.1 Å². The van der Waals surface area contributed by atoms with Crippen LogP contribution in [0.25, 0.3) is 0 Å². The Morgan fingerprint density at radius 1 is 0.889 bits per heavy atom. The monoisotopic (exact) mass is 504 g/mol. The van der Waals surface area contributed by atoms with E-state index in [9.17, 15) is 0 Å². The van der Waals surface area contributed by atoms with Gasteiger partial charge in [0, 0.05) is 30.8 Å². The summed E-state index contributed by atoms with van der Waals surface area (Å²) < 4.78 is 22.4. The molecule has 1 aliphatic rings. The Balaban J connectivity index is 1.83. The summed E-state index contributed by atoms with van der Waals surface area (Å²) >= 11 is 0. The van der Waals surface area contributed by atoms with Gasteiger partial charge in [-0.15, -0.1) is 0 Å². The van der Waals surface area contributed by atoms with Gasteiger partial charge in [0.2, 0.25) is 0 Å². The van der Waals surface area contributed by atoms with Crippen molar-refractivity contribution in [1.82, 2.24) is 0 Å². The normalized spacial score (nSPS) is 22.6. The fourth-order valence-electron chi connectivity index (χ4n) is 5.36. The second-order valence-electron chi connectivity index (χ2n) is 10.8. The number of anilines is 2. The smallest absolute Gasteiger partial charge is 0.258 e. The minimum atomic E-state index is -3.42. The van der Waals surface area contributed by atoms with Crippen LogP contribution in [0.2, 0.25) is 0 Å². The van der Waals surface area contributed by atoms with Crippen molar-refractivity contribution in [2.24, 2.45) is 17.8 Å². The predicted molar refractivity (Wildman–Crippen MR) is 153 cm³/mol. The maximum Gasteiger partial charge on any atom is 0.258 e. The third kappa shape index (κ3) is 6.05. The summed E-state index contributed by atoms with van der Waals surface area (Å²) in [6, 6.07) is 28.2. The number of hydrogen-bond acceptors (Lipinski definition) is 4. The average Bonchev–Trinajstić information content (AvgIpc) is 2.88. The molecule has 0 spiro atoms. The van der Waals surface area contributed by atoms with Crippen molar-refractivity contribution in [1.29, 1.82) is 0 Å². The summed E-state index contributed by atoms with van der Waals surface area (Å²) in [6.07, 6.45) is 3.21. The standard InChI is InChI=1S/C31H41N2O2P/c1-23(2)29-21-16-24(3)22-30(29)35-36(34,28-19-17-27(18-20-28)33(4)5)31(25-12-8-6-9-13-25)32-26-14-10-7-11-15-26/h6-15,17-20,23-24,29-32H,16,21-22H2,1-5H3/t24-,29-,30-,31+,36-/m1/s1. The van der Waals surface area contributed by atoms with Crippen LogP contribution in [0.15, 0.2) is 84.9 Å². The lowest BCUT2D eigenvalue weighted by atomic mass is 9.75. The van der Waals surface area contributed by atoms with Gasteiger partial charge in [-0.3, -0.25) is 4.57 Å². The van der Waals surface area contributed by atoms with E-state index in [1.807, 2.05) is 99.0 Å². The Morgan fingerprint density at radius 3 is 2.08 bits per heavy atom. The van der Waals surface area contributed by atoms with Crippen LogP contribution in [-0.4, -0.2) is 20.2 Å². The molecular weight excluding hydrogens is 463 g/mol. The number of nitrogens with one attached hydrogen (secondary N) is 1. The zero-order chi connectivity index (χ0) is 25.7. The van der Waals surface area contributed by atoms with E-state index in [2.05, 4.69) is 31.0 Å². The third-order valence-corrected chi connectivity index (χ3v) is 10.2. The highest BCUT2D eigenvalue weighted by molar-refractivity contribution is 7.67. The molecule has 1 fully saturated rings. The van der Waals surface area contributed by atoms with Crippen molar-refractivity contribution < 1.29 is 9.09 Å². The van der Waals surface area contributed by atoms with Crippen molar-refractivity contribution in [2.45, 2.75) is 51.9 Å². The SMILES string of the molecule is CC(C)[C@H]1CC[C@@H](C)C[C@H]1O[P@](=O)(c1ccc(N(C)C)cc1)[C@H](Nc1ccccc1)c1ccccc1. The predicted octanol–water partition coefficient (Wildman–Crippen LogP) is 7.94. The average molecular weight is 505 g/mol. The summed E-state index contributed by atoms with van der Waals surface area (Å²) in [6.45, 7) is 6.83. The Bertz CT molecular complexity index is 1130. The van der Waals surface area contributed by atoms with Crippen molar-refractivity contribution in [3.05, 3.63) is 90.5 Å². The molecule has 0 aliphatic heterocycles. The van der Waals surface area contributed by atoms with Gasteiger partial charge in [-0.25, -0.2) is 0 Å². The van der Waals surface area contributed by atoms with Crippen LogP contribution >= 0.6 is 7.37 Å². The van der Waals surface area contributed by atoms with Crippen molar-refractivity contribution in [3.8, 4) is 0 Å². The molecule has 1 aliphatic carbocycles. The van der Waals surface area contributed by atoms with E-state index >= 15 is 4.57 Å². The van der Waals surface area contributed by atoms with Crippen molar-refractivity contribution >= 4 is 24.0 Å². The molecule has 4 rings (SSSR count). The Labute approximate surface area is 217 Å². The Hall–Kier alpha value is -2.55. The molecule has 192 valence electrons. The summed E-state index contributed by atoms with van der Waals surface area (Å²) in [5.41, 5.74) is 2.97. The van der Waals surface area contributed by atoms with Crippen LogP contribution in [-0.2, 0) is 9.09 Å². The maximum atomic E-state index is 15.4. The molecule has 36 heavy (non-hydrogen) atoms. The highest BCUT2D eigenvalue weighted by Crippen LogP contribution is 2.61. The zero-order valence-corrected chi connectivity index (χ0v) is 23.2. The first kappa shape index (κ1) is 26.5. The van der Waals surface area contributed by atoms with Gasteiger partial charge in [0.05, 0.1) is 6.10 Å². The maximum absolute atomic E-state index is 15.4. The van der Waals surface area contributed by atoms with Crippen LogP contribution in [0.1, 0.15) is 51.4 Å². The Morgan fingerprint density at radius 2 is 1.50 bits per heavy atom. The molecule has 0 amide bonds. The summed E-state index contributed by atoms with van der Waals surface area (Å²) in [5, 5.41) is 4.37. The Kier molecular flexibility index (Phi) is 8.59. The fourth-order valence-corrected chi connectivity index (χ4v) is 7.99. The van der Waals surface area contributed by atoms with Crippen LogP contribution < -0.4 is 15.5 Å². The molecule has 0 aromatic heterocycles. The number of benzene rings is 3. The lowest BCUT2D eigenvalue weighted by Gasteiger charge is -2.41. The second kappa shape index (κ2) is 11.7. The number of hydrogen-bond donors (Lipinski definition) is 1. The largest absolute Gasteiger partial charge is 0.378 e. The van der Waals surface area contributed by atoms with Crippen LogP contribution in [0.3, 0.4) is 0 Å². The molecule has 0 bridgehead atoms. The molecule has 3 aromatic carbocycles. The molecule has 1 saturated carbocycles. The quantitative estimate of drug-likeness (QED) is 0.300. The molecule has 5 heteroatoms. The van der Waals surface area contributed by atoms with Gasteiger partial charge in [0.25, 0.3) is 7.37 Å². The number of para-hydroxylation sites is 1. The van der Waals surface area contributed by atoms with E-state index in [1.54, 1.807) is 0 Å². The molecule has 0 radical (unpaired) electrons. The molecule has 5 atom stereocenters. The van der Waals surface area contributed by atoms with Gasteiger partial charge in [-0.05, 0) is 72.6 Å². The minimum absolute atomic E-state index is 0.0445. The molecule has 0 saturated heterocycles. The zero-order valence-electron chi connectivity index (χ0n) is 22.3. The van der Waals surface area contributed by atoms with E-state index in [0.29, 0.717) is 17.8 Å². The van der Waals surface area contributed by atoms with Gasteiger partial charge in [0.1, 0.15) is 5.78 Å². The molecule has 3 aromatic rings. The first-order valence-corrected chi connectivity index (χ1v) is 14.9. The number of rotatable bonds is 9. The van der Waals surface area contributed by atoms with Gasteiger partial charge in [-0.1, -0.05) is 75.7 Å². The van der Waals surface area contributed by atoms with Crippen molar-refractivity contribution in [3.63, 3.8) is 0 Å². The van der Waals surface area contributed by atoms with E-state index in [-0.39, 0.29) is 6.10 Å². The lowest BCUT2D eigenvalue weighted by Crippen LogP contribution is -2.35. The number of nitrogens with zero attached hydrogens (tertiary/aromatic N) is 1. The minimum Gasteiger partial charge on any atom is -0.378 e. The second-order valence-corrected chi connectivity index (χ2v) is 13.2. The summed E-state index contributed by atoms with van der Waals surface area (Å²) in [5.74, 6) is 0.927. The van der Waals surface area contributed by atoms with Crippen LogP contribution in [0.5, 0.6) is 0 Å². The van der Waals surface area contributed by atoms with Gasteiger partial charge in [0.15, 0.2) is 0 Å². The lowest BCUT2D eigenvalue weighted by molar-refractivity contribution is 0.0489. The summed E-state index contributed by atoms with van der Waals surface area (Å²) in [7, 11) is 0.618. The van der Waals surface area contributed by atoms with Gasteiger partial charge >= 0.3 is 0 Å². The molecular formula is C31H41N2O2P. The highest BCUT2D eigenvalue weighted by atomic mass is 31.2.